The fourth-order valence-electron chi connectivity index (χ4n) is 3.69. The molecule has 0 aliphatic carbocycles. The minimum atomic E-state index is -0.420. The highest BCUT2D eigenvalue weighted by molar-refractivity contribution is 9.10. The second-order valence-corrected chi connectivity index (χ2v) is 8.64. The Hall–Kier alpha value is -4.33. The topological polar surface area (TPSA) is 102 Å². The first kappa shape index (κ1) is 23.8. The lowest BCUT2D eigenvalue weighted by Crippen LogP contribution is -2.26. The van der Waals surface area contributed by atoms with Crippen molar-refractivity contribution in [3.05, 3.63) is 105 Å². The van der Waals surface area contributed by atoms with Crippen LogP contribution in [0.1, 0.15) is 22.3 Å². The molecule has 0 radical (unpaired) electrons. The zero-order valence-electron chi connectivity index (χ0n) is 18.7. The highest BCUT2D eigenvalue weighted by atomic mass is 79.9. The number of amides is 1. The van der Waals surface area contributed by atoms with Gasteiger partial charge in [-0.25, -0.2) is 0 Å². The third-order valence-corrected chi connectivity index (χ3v) is 6.13. The monoisotopic (exact) mass is 524 g/mol. The maximum atomic E-state index is 12.6. The van der Waals surface area contributed by atoms with Gasteiger partial charge in [-0.15, -0.1) is 0 Å². The average Bonchev–Trinajstić information content (AvgIpc) is 3.30. The number of halogens is 1. The average molecular weight is 525 g/mol. The number of nitriles is 2. The molecule has 1 amide bonds. The summed E-state index contributed by atoms with van der Waals surface area (Å²) < 4.78 is 6.53. The van der Waals surface area contributed by atoms with E-state index in [1.54, 1.807) is 30.3 Å². The first-order chi connectivity index (χ1) is 17.1. The Labute approximate surface area is 211 Å². The molecule has 1 aromatic heterocycles. The molecule has 4 rings (SSSR count). The van der Waals surface area contributed by atoms with E-state index < -0.39 is 5.91 Å². The molecule has 0 spiro atoms. The molecule has 0 bridgehead atoms. The normalized spacial score (nSPS) is 11.0. The summed E-state index contributed by atoms with van der Waals surface area (Å²) in [5.41, 5.74) is 4.23. The van der Waals surface area contributed by atoms with Crippen LogP contribution in [0.15, 0.2) is 83.0 Å². The molecule has 0 aliphatic heterocycles. The number of rotatable bonds is 8. The van der Waals surface area contributed by atoms with Gasteiger partial charge in [0.2, 0.25) is 0 Å². The van der Waals surface area contributed by atoms with Crippen LogP contribution in [0.2, 0.25) is 0 Å². The summed E-state index contributed by atoms with van der Waals surface area (Å²) in [5, 5.41) is 22.7. The number of aromatic amines is 1. The number of benzene rings is 3. The fourth-order valence-corrected chi connectivity index (χ4v) is 4.21. The molecule has 6 nitrogen and oxygen atoms in total. The molecule has 0 saturated heterocycles. The molecule has 0 saturated carbocycles. The summed E-state index contributed by atoms with van der Waals surface area (Å²) in [6, 6.07) is 24.7. The van der Waals surface area contributed by atoms with Crippen LogP contribution < -0.4 is 10.1 Å². The Morgan fingerprint density at radius 3 is 2.66 bits per heavy atom. The summed E-state index contributed by atoms with van der Waals surface area (Å²) in [7, 11) is 0. The van der Waals surface area contributed by atoms with Crippen LogP contribution in [0.25, 0.3) is 17.0 Å². The van der Waals surface area contributed by atoms with E-state index in [9.17, 15) is 15.3 Å². The summed E-state index contributed by atoms with van der Waals surface area (Å²) >= 11 is 3.48. The van der Waals surface area contributed by atoms with E-state index in [1.165, 1.54) is 0 Å². The Balaban J connectivity index is 1.38. The lowest BCUT2D eigenvalue weighted by atomic mass is 10.1. The van der Waals surface area contributed by atoms with Gasteiger partial charge in [-0.3, -0.25) is 4.79 Å². The third-order valence-electron chi connectivity index (χ3n) is 5.51. The number of hydrogen-bond donors (Lipinski definition) is 2. The molecule has 0 unspecified atom stereocenters. The first-order valence-electron chi connectivity index (χ1n) is 10.9. The van der Waals surface area contributed by atoms with Gasteiger partial charge in [-0.1, -0.05) is 42.5 Å². The Morgan fingerprint density at radius 2 is 1.86 bits per heavy atom. The lowest BCUT2D eigenvalue weighted by Gasteiger charge is -2.10. The van der Waals surface area contributed by atoms with Gasteiger partial charge in [0.05, 0.1) is 16.1 Å². The molecule has 0 fully saturated rings. The van der Waals surface area contributed by atoms with Crippen molar-refractivity contribution < 1.29 is 9.53 Å². The number of nitrogens with one attached hydrogen (secondary N) is 2. The van der Waals surface area contributed by atoms with E-state index in [0.717, 1.165) is 22.0 Å². The molecule has 3 aromatic carbocycles. The molecule has 4 aromatic rings. The van der Waals surface area contributed by atoms with Crippen molar-refractivity contribution >= 4 is 38.8 Å². The number of nitrogens with zero attached hydrogens (tertiary/aromatic N) is 2. The summed E-state index contributed by atoms with van der Waals surface area (Å²) in [6.45, 7) is 0.667. The molecule has 7 heteroatoms. The number of ether oxygens (including phenoxy) is 1. The summed E-state index contributed by atoms with van der Waals surface area (Å²) in [4.78, 5) is 15.8. The quantitative estimate of drug-likeness (QED) is 0.229. The van der Waals surface area contributed by atoms with Gasteiger partial charge in [-0.05, 0) is 63.8 Å². The van der Waals surface area contributed by atoms with Gasteiger partial charge in [0.25, 0.3) is 5.91 Å². The summed E-state index contributed by atoms with van der Waals surface area (Å²) in [6.07, 6.45) is 4.14. The van der Waals surface area contributed by atoms with Gasteiger partial charge in [0, 0.05) is 29.2 Å². The summed E-state index contributed by atoms with van der Waals surface area (Å²) in [5.74, 6) is 0.175. The molecule has 1 heterocycles. The number of aromatic nitrogens is 1. The molecule has 0 aliphatic rings. The number of H-pyrrole nitrogens is 1. The minimum Gasteiger partial charge on any atom is -0.488 e. The van der Waals surface area contributed by atoms with Crippen molar-refractivity contribution in [2.24, 2.45) is 0 Å². The molecule has 2 N–H and O–H groups in total. The molecular formula is C28H21BrN4O2. The maximum Gasteiger partial charge on any atom is 0.261 e. The van der Waals surface area contributed by atoms with Crippen molar-refractivity contribution in [2.75, 3.05) is 6.54 Å². The van der Waals surface area contributed by atoms with Crippen LogP contribution in [0.4, 0.5) is 0 Å². The minimum absolute atomic E-state index is 0.0208. The first-order valence-corrected chi connectivity index (χ1v) is 11.7. The largest absolute Gasteiger partial charge is 0.488 e. The van der Waals surface area contributed by atoms with Gasteiger partial charge < -0.3 is 15.0 Å². The van der Waals surface area contributed by atoms with E-state index >= 15 is 0 Å². The standard InChI is InChI=1S/C28H21BrN4O2/c29-25-14-19(9-10-27(25)35-18-22-6-2-1-5-20(22)15-30)13-23(16-31)28(34)32-12-11-21-17-33-26-8-4-3-7-24(21)26/h1-10,13-14,17,33H,11-12,18H2,(H,32,34)/b23-13-. The number of carbonyl (C=O) groups excluding carboxylic acids is 1. The van der Waals surface area contributed by atoms with Crippen LogP contribution in [-0.2, 0) is 17.8 Å². The second-order valence-electron chi connectivity index (χ2n) is 7.78. The van der Waals surface area contributed by atoms with Crippen LogP contribution in [0.3, 0.4) is 0 Å². The highest BCUT2D eigenvalue weighted by Crippen LogP contribution is 2.28. The molecule has 172 valence electrons. The second kappa shape index (κ2) is 11.2. The van der Waals surface area contributed by atoms with Gasteiger partial charge in [-0.2, -0.15) is 10.5 Å². The van der Waals surface area contributed by atoms with Crippen molar-refractivity contribution in [3.8, 4) is 17.9 Å². The Kier molecular flexibility index (Phi) is 7.62. The lowest BCUT2D eigenvalue weighted by molar-refractivity contribution is -0.117. The van der Waals surface area contributed by atoms with Gasteiger partial charge in [0.1, 0.15) is 24.0 Å². The van der Waals surface area contributed by atoms with Crippen molar-refractivity contribution in [1.29, 1.82) is 10.5 Å². The number of para-hydroxylation sites is 1. The predicted octanol–water partition coefficient (Wildman–Crippen LogP) is 5.65. The van der Waals surface area contributed by atoms with Gasteiger partial charge in [0.15, 0.2) is 0 Å². The van der Waals surface area contributed by atoms with E-state index in [1.807, 2.05) is 54.7 Å². The molecular weight excluding hydrogens is 504 g/mol. The Bertz CT molecular complexity index is 1490. The van der Waals surface area contributed by atoms with Crippen molar-refractivity contribution in [3.63, 3.8) is 0 Å². The van der Waals surface area contributed by atoms with Gasteiger partial charge >= 0.3 is 0 Å². The third kappa shape index (κ3) is 5.78. The highest BCUT2D eigenvalue weighted by Gasteiger charge is 2.11. The van der Waals surface area contributed by atoms with Crippen molar-refractivity contribution in [1.82, 2.24) is 10.3 Å². The van der Waals surface area contributed by atoms with E-state index in [-0.39, 0.29) is 12.2 Å². The SMILES string of the molecule is N#C/C(=C/c1ccc(OCc2ccccc2C#N)c(Br)c1)C(=O)NCCc1c[nH]c2ccccc12. The van der Waals surface area contributed by atoms with E-state index in [2.05, 4.69) is 32.3 Å². The number of fused-ring (bicyclic) bond motifs is 1. The van der Waals surface area contributed by atoms with Crippen LogP contribution in [0.5, 0.6) is 5.75 Å². The van der Waals surface area contributed by atoms with E-state index in [0.29, 0.717) is 34.3 Å². The molecule has 35 heavy (non-hydrogen) atoms. The maximum absolute atomic E-state index is 12.6. The van der Waals surface area contributed by atoms with Crippen molar-refractivity contribution in [2.45, 2.75) is 13.0 Å². The fraction of sp³-hybridized carbons (Fsp3) is 0.107. The Morgan fingerprint density at radius 1 is 1.06 bits per heavy atom. The predicted molar refractivity (Wildman–Crippen MR) is 138 cm³/mol. The molecule has 0 atom stereocenters. The number of hydrogen-bond acceptors (Lipinski definition) is 4. The van der Waals surface area contributed by atoms with Crippen LogP contribution >= 0.6 is 15.9 Å². The smallest absolute Gasteiger partial charge is 0.261 e. The van der Waals surface area contributed by atoms with Crippen LogP contribution in [-0.4, -0.2) is 17.4 Å². The number of carbonyl (C=O) groups is 1. The van der Waals surface area contributed by atoms with E-state index in [4.69, 9.17) is 4.74 Å². The zero-order valence-corrected chi connectivity index (χ0v) is 20.3. The van der Waals surface area contributed by atoms with Crippen LogP contribution in [0, 0.1) is 22.7 Å². The zero-order chi connectivity index (χ0) is 24.6.